The van der Waals surface area contributed by atoms with Crippen LogP contribution >= 0.6 is 11.6 Å². The molecule has 6 heterocycles. The first-order valence-corrected chi connectivity index (χ1v) is 13.7. The van der Waals surface area contributed by atoms with Crippen LogP contribution in [-0.4, -0.2) is 79.9 Å². The predicted octanol–water partition coefficient (Wildman–Crippen LogP) is 5.33. The number of pyridine rings is 1. The fraction of sp³-hybridized carbons (Fsp3) is 0.630. The number of aromatic nitrogens is 3. The van der Waals surface area contributed by atoms with E-state index in [1.54, 1.807) is 4.90 Å². The molecule has 4 aliphatic heterocycles. The van der Waals surface area contributed by atoms with E-state index in [4.69, 9.17) is 26.1 Å². The molecular weight excluding hydrogens is 516 g/mol. The Morgan fingerprint density at radius 2 is 2.11 bits per heavy atom. The summed E-state index contributed by atoms with van der Waals surface area (Å²) in [4.78, 5) is 29.9. The molecule has 2 aromatic heterocycles. The summed E-state index contributed by atoms with van der Waals surface area (Å²) in [5.74, 6) is -0.738. The minimum atomic E-state index is -0.884. The maximum absolute atomic E-state index is 15.1. The van der Waals surface area contributed by atoms with Crippen LogP contribution in [-0.2, 0) is 4.74 Å². The summed E-state index contributed by atoms with van der Waals surface area (Å²) in [5, 5.41) is 0.152. The highest BCUT2D eigenvalue weighted by Crippen LogP contribution is 2.42. The van der Waals surface area contributed by atoms with Crippen LogP contribution in [0, 0.1) is 5.82 Å². The van der Waals surface area contributed by atoms with Gasteiger partial charge in [-0.2, -0.15) is 9.97 Å². The van der Waals surface area contributed by atoms with Crippen molar-refractivity contribution in [1.29, 1.82) is 0 Å². The zero-order chi connectivity index (χ0) is 26.8. The van der Waals surface area contributed by atoms with Crippen LogP contribution < -0.4 is 4.74 Å². The van der Waals surface area contributed by atoms with Crippen molar-refractivity contribution in [2.75, 3.05) is 19.7 Å². The van der Waals surface area contributed by atoms with E-state index in [0.717, 1.165) is 37.8 Å². The number of amides is 1. The molecule has 11 heteroatoms. The van der Waals surface area contributed by atoms with Crippen molar-refractivity contribution >= 4 is 34.2 Å². The summed E-state index contributed by atoms with van der Waals surface area (Å²) in [6.07, 6.45) is 6.67. The summed E-state index contributed by atoms with van der Waals surface area (Å²) in [6.45, 7) is 7.03. The maximum Gasteiger partial charge on any atom is 0.411 e. The Morgan fingerprint density at radius 1 is 1.29 bits per heavy atom. The molecule has 3 fully saturated rings. The molecule has 4 aliphatic rings. The lowest BCUT2D eigenvalue weighted by atomic mass is 9.95. The molecule has 2 bridgehead atoms. The Kier molecular flexibility index (Phi) is 6.26. The van der Waals surface area contributed by atoms with Crippen LogP contribution in [0.5, 0.6) is 6.01 Å². The Morgan fingerprint density at radius 3 is 2.87 bits per heavy atom. The molecule has 2 aromatic rings. The third kappa shape index (κ3) is 4.49. The highest BCUT2D eigenvalue weighted by molar-refractivity contribution is 6.30. The van der Waals surface area contributed by atoms with Gasteiger partial charge < -0.3 is 9.47 Å². The van der Waals surface area contributed by atoms with Crippen LogP contribution in [0.1, 0.15) is 65.0 Å². The smallest absolute Gasteiger partial charge is 0.411 e. The first kappa shape index (κ1) is 25.7. The highest BCUT2D eigenvalue weighted by Gasteiger charge is 2.49. The van der Waals surface area contributed by atoms with Gasteiger partial charge in [-0.1, -0.05) is 17.7 Å². The summed E-state index contributed by atoms with van der Waals surface area (Å²) in [6, 6.07) is -0.177. The monoisotopic (exact) mass is 547 g/mol. The summed E-state index contributed by atoms with van der Waals surface area (Å²) in [7, 11) is 0. The molecule has 0 spiro atoms. The average Bonchev–Trinajstić information content (AvgIpc) is 3.46. The predicted molar refractivity (Wildman–Crippen MR) is 138 cm³/mol. The summed E-state index contributed by atoms with van der Waals surface area (Å²) < 4.78 is 41.1. The van der Waals surface area contributed by atoms with Gasteiger partial charge in [-0.3, -0.25) is 9.80 Å². The molecule has 4 atom stereocenters. The number of carbonyl (C=O) groups is 1. The molecular formula is C27H32ClF2N5O3. The van der Waals surface area contributed by atoms with Gasteiger partial charge in [-0.05, 0) is 65.0 Å². The minimum absolute atomic E-state index is 0.0278. The molecule has 0 aromatic carbocycles. The number of nitrogens with zero attached hydrogens (tertiary/aromatic N) is 5. The van der Waals surface area contributed by atoms with Gasteiger partial charge in [0.1, 0.15) is 23.9 Å². The number of alkyl halides is 1. The van der Waals surface area contributed by atoms with Gasteiger partial charge in [-0.15, -0.1) is 0 Å². The Balaban J connectivity index is 1.34. The molecule has 0 aliphatic carbocycles. The lowest BCUT2D eigenvalue weighted by Gasteiger charge is -2.35. The van der Waals surface area contributed by atoms with Crippen molar-refractivity contribution in [3.63, 3.8) is 0 Å². The maximum atomic E-state index is 15.1. The quantitative estimate of drug-likeness (QED) is 0.479. The molecule has 1 amide bonds. The largest absolute Gasteiger partial charge is 0.461 e. The van der Waals surface area contributed by atoms with E-state index >= 15 is 4.39 Å². The van der Waals surface area contributed by atoms with Crippen molar-refractivity contribution in [3.05, 3.63) is 28.9 Å². The van der Waals surface area contributed by atoms with Crippen LogP contribution in [0.15, 0.2) is 12.3 Å². The Hall–Kier alpha value is -2.59. The van der Waals surface area contributed by atoms with Gasteiger partial charge in [0.25, 0.3) is 0 Å². The van der Waals surface area contributed by atoms with Crippen molar-refractivity contribution < 1.29 is 23.0 Å². The number of halogens is 3. The molecule has 0 saturated carbocycles. The van der Waals surface area contributed by atoms with Crippen molar-refractivity contribution in [2.24, 2.45) is 0 Å². The molecule has 38 heavy (non-hydrogen) atoms. The number of hydrogen-bond donors (Lipinski definition) is 0. The van der Waals surface area contributed by atoms with Crippen molar-refractivity contribution in [3.8, 4) is 6.01 Å². The first-order chi connectivity index (χ1) is 18.0. The van der Waals surface area contributed by atoms with Crippen LogP contribution in [0.4, 0.5) is 13.6 Å². The van der Waals surface area contributed by atoms with E-state index in [1.807, 2.05) is 26.8 Å². The topological polar surface area (TPSA) is 80.7 Å². The van der Waals surface area contributed by atoms with E-state index in [0.29, 0.717) is 30.5 Å². The molecule has 0 N–H and O–H groups in total. The molecule has 2 unspecified atom stereocenters. The second kappa shape index (κ2) is 9.26. The fourth-order valence-electron chi connectivity index (χ4n) is 6.58. The van der Waals surface area contributed by atoms with Gasteiger partial charge in [0.15, 0.2) is 11.0 Å². The molecule has 0 radical (unpaired) electrons. The number of fused-ring (bicyclic) bond motifs is 4. The van der Waals surface area contributed by atoms with Crippen LogP contribution in [0.25, 0.3) is 16.5 Å². The lowest BCUT2D eigenvalue weighted by Crippen LogP contribution is -2.45. The number of rotatable bonds is 4. The van der Waals surface area contributed by atoms with Crippen LogP contribution in [0.3, 0.4) is 0 Å². The van der Waals surface area contributed by atoms with Crippen molar-refractivity contribution in [1.82, 2.24) is 24.8 Å². The third-order valence-corrected chi connectivity index (χ3v) is 8.42. The number of ether oxygens (including phenoxy) is 2. The normalized spacial score (nSPS) is 29.1. The zero-order valence-corrected chi connectivity index (χ0v) is 22.6. The molecule has 3 saturated heterocycles. The standard InChI is InChI=1S/C27H32ClF2N5O3/c1-26(2,3)38-25(36)35-17-5-6-18(35)10-15(9-17)21-19-12-31-23(28)20(30)22(19)33-24(32-21)37-14-27-7-4-8-34(27)13-16(29)11-27/h9,12,16-18H,4-8,10-11,13-14H2,1-3H3/t16-,17?,18?,27+/m1/s1. The molecule has 6 rings (SSSR count). The van der Waals surface area contributed by atoms with E-state index in [1.165, 1.54) is 6.20 Å². The second-order valence-electron chi connectivity index (χ2n) is 11.9. The van der Waals surface area contributed by atoms with Gasteiger partial charge >= 0.3 is 12.1 Å². The number of carbonyl (C=O) groups excluding carboxylic acids is 1. The summed E-state index contributed by atoms with van der Waals surface area (Å²) >= 11 is 6.00. The van der Waals surface area contributed by atoms with Gasteiger partial charge in [0, 0.05) is 30.6 Å². The van der Waals surface area contributed by atoms with E-state index < -0.39 is 17.6 Å². The molecule has 204 valence electrons. The average molecular weight is 548 g/mol. The van der Waals surface area contributed by atoms with E-state index in [9.17, 15) is 9.18 Å². The van der Waals surface area contributed by atoms with Gasteiger partial charge in [0.2, 0.25) is 0 Å². The Labute approximate surface area is 225 Å². The van der Waals surface area contributed by atoms with E-state index in [2.05, 4.69) is 14.9 Å². The highest BCUT2D eigenvalue weighted by atomic mass is 35.5. The minimum Gasteiger partial charge on any atom is -0.461 e. The van der Waals surface area contributed by atoms with Gasteiger partial charge in [-0.25, -0.2) is 18.6 Å². The van der Waals surface area contributed by atoms with Crippen LogP contribution in [0.2, 0.25) is 5.15 Å². The first-order valence-electron chi connectivity index (χ1n) is 13.3. The molecule has 8 nitrogen and oxygen atoms in total. The van der Waals surface area contributed by atoms with Crippen molar-refractivity contribution in [2.45, 2.75) is 88.7 Å². The zero-order valence-electron chi connectivity index (χ0n) is 21.8. The number of hydrogen-bond acceptors (Lipinski definition) is 7. The second-order valence-corrected chi connectivity index (χ2v) is 12.3. The lowest BCUT2D eigenvalue weighted by molar-refractivity contribution is 0.0175. The SMILES string of the molecule is CC(C)(C)OC(=O)N1C2C=C(c3nc(OC[C@@]45CCCN4C[C@H](F)C5)nc4c(F)c(Cl)ncc34)CC1CC2. The Bertz CT molecular complexity index is 1320. The van der Waals surface area contributed by atoms with E-state index in [-0.39, 0.29) is 47.0 Å². The van der Waals surface area contributed by atoms with Gasteiger partial charge in [0.05, 0.1) is 17.3 Å². The fourth-order valence-corrected chi connectivity index (χ4v) is 6.71. The summed E-state index contributed by atoms with van der Waals surface area (Å²) in [5.41, 5.74) is 0.452. The third-order valence-electron chi connectivity index (χ3n) is 8.16.